The number of halogens is 2. The van der Waals surface area contributed by atoms with Crippen LogP contribution in [0.2, 0.25) is 0 Å². The van der Waals surface area contributed by atoms with E-state index in [1.165, 1.54) is 12.1 Å². The highest BCUT2D eigenvalue weighted by molar-refractivity contribution is 5.98. The van der Waals surface area contributed by atoms with E-state index >= 15 is 0 Å². The second-order valence-electron chi connectivity index (χ2n) is 10.4. The predicted molar refractivity (Wildman–Crippen MR) is 143 cm³/mol. The van der Waals surface area contributed by atoms with Crippen molar-refractivity contribution in [2.75, 3.05) is 19.8 Å². The summed E-state index contributed by atoms with van der Waals surface area (Å²) in [6, 6.07) is 11.0. The maximum absolute atomic E-state index is 13.9. The lowest BCUT2D eigenvalue weighted by Gasteiger charge is -2.33. The van der Waals surface area contributed by atoms with Crippen LogP contribution in [0.3, 0.4) is 0 Å². The fraction of sp³-hybridized carbons (Fsp3) is 0.400. The Morgan fingerprint density at radius 3 is 2.72 bits per heavy atom. The van der Waals surface area contributed by atoms with Gasteiger partial charge in [-0.1, -0.05) is 0 Å². The van der Waals surface area contributed by atoms with Gasteiger partial charge in [0, 0.05) is 66.6 Å². The Morgan fingerprint density at radius 2 is 1.95 bits per heavy atom. The van der Waals surface area contributed by atoms with Gasteiger partial charge in [-0.25, -0.2) is 8.78 Å². The number of amides is 1. The fourth-order valence-electron chi connectivity index (χ4n) is 5.89. The Labute approximate surface area is 225 Å². The summed E-state index contributed by atoms with van der Waals surface area (Å²) in [5.74, 6) is -1.32. The monoisotopic (exact) mass is 534 g/mol. The number of fused-ring (bicyclic) bond motifs is 2. The molecule has 2 aromatic heterocycles. The van der Waals surface area contributed by atoms with Crippen LogP contribution in [-0.4, -0.2) is 51.2 Å². The fourth-order valence-corrected chi connectivity index (χ4v) is 5.89. The van der Waals surface area contributed by atoms with Gasteiger partial charge in [-0.2, -0.15) is 5.10 Å². The summed E-state index contributed by atoms with van der Waals surface area (Å²) < 4.78 is 43.2. The maximum Gasteiger partial charge on any atom is 0.254 e. The van der Waals surface area contributed by atoms with Gasteiger partial charge in [0.15, 0.2) is 6.29 Å². The van der Waals surface area contributed by atoms with Gasteiger partial charge < -0.3 is 18.9 Å². The van der Waals surface area contributed by atoms with E-state index in [4.69, 9.17) is 9.47 Å². The summed E-state index contributed by atoms with van der Waals surface area (Å²) in [5.41, 5.74) is 4.47. The molecule has 1 amide bonds. The van der Waals surface area contributed by atoms with Crippen LogP contribution in [0.5, 0.6) is 0 Å². The molecule has 0 N–H and O–H groups in total. The van der Waals surface area contributed by atoms with Gasteiger partial charge in [-0.05, 0) is 69.0 Å². The number of ether oxygens (including phenoxy) is 2. The molecule has 1 unspecified atom stereocenters. The topological polar surface area (TPSA) is 61.5 Å². The van der Waals surface area contributed by atoms with Crippen LogP contribution in [-0.2, 0) is 29.5 Å². The molecule has 9 heteroatoms. The molecule has 2 aliphatic rings. The lowest BCUT2D eigenvalue weighted by Crippen LogP contribution is -2.38. The zero-order chi connectivity index (χ0) is 27.1. The summed E-state index contributed by atoms with van der Waals surface area (Å²) in [6.07, 6.45) is 5.64. The number of aryl methyl sites for hydroxylation is 1. The largest absolute Gasteiger partial charge is 0.353 e. The Hall–Kier alpha value is -3.56. The van der Waals surface area contributed by atoms with Crippen molar-refractivity contribution in [1.82, 2.24) is 19.2 Å². The van der Waals surface area contributed by atoms with Crippen LogP contribution < -0.4 is 0 Å². The Morgan fingerprint density at radius 1 is 1.13 bits per heavy atom. The highest BCUT2D eigenvalue weighted by Crippen LogP contribution is 2.36. The average Bonchev–Trinajstić information content (AvgIpc) is 3.49. The average molecular weight is 535 g/mol. The third-order valence-electron chi connectivity index (χ3n) is 7.83. The summed E-state index contributed by atoms with van der Waals surface area (Å²) in [7, 11) is 1.77. The number of aromatic nitrogens is 3. The second kappa shape index (κ2) is 10.5. The molecule has 0 saturated carbocycles. The summed E-state index contributed by atoms with van der Waals surface area (Å²) >= 11 is 0. The van der Waals surface area contributed by atoms with Crippen molar-refractivity contribution in [3.63, 3.8) is 0 Å². The third-order valence-corrected chi connectivity index (χ3v) is 7.83. The first kappa shape index (κ1) is 25.7. The zero-order valence-corrected chi connectivity index (χ0v) is 22.2. The summed E-state index contributed by atoms with van der Waals surface area (Å²) in [6.45, 7) is 4.48. The van der Waals surface area contributed by atoms with E-state index in [9.17, 15) is 13.6 Å². The van der Waals surface area contributed by atoms with Crippen LogP contribution in [0.1, 0.15) is 53.8 Å². The van der Waals surface area contributed by atoms with Gasteiger partial charge in [0.05, 0.1) is 24.0 Å². The number of nitrogens with zero attached hydrogens (tertiary/aromatic N) is 4. The molecule has 1 fully saturated rings. The van der Waals surface area contributed by atoms with Gasteiger partial charge in [-0.15, -0.1) is 0 Å². The quantitative estimate of drug-likeness (QED) is 0.322. The number of rotatable bonds is 6. The minimum absolute atomic E-state index is 0.0652. The lowest BCUT2D eigenvalue weighted by atomic mass is 9.95. The molecule has 204 valence electrons. The molecule has 4 aromatic rings. The van der Waals surface area contributed by atoms with Crippen LogP contribution in [0.15, 0.2) is 48.7 Å². The van der Waals surface area contributed by atoms with Crippen molar-refractivity contribution in [1.29, 1.82) is 0 Å². The Balaban J connectivity index is 1.18. The molecule has 2 aliphatic heterocycles. The number of hydrogen-bond acceptors (Lipinski definition) is 4. The van der Waals surface area contributed by atoms with E-state index in [0.717, 1.165) is 54.1 Å². The first-order valence-corrected chi connectivity index (χ1v) is 13.5. The van der Waals surface area contributed by atoms with E-state index in [-0.39, 0.29) is 18.2 Å². The molecule has 6 rings (SSSR count). The summed E-state index contributed by atoms with van der Waals surface area (Å²) in [5, 5.41) is 5.66. The van der Waals surface area contributed by atoms with Crippen molar-refractivity contribution in [2.24, 2.45) is 7.05 Å². The van der Waals surface area contributed by atoms with Crippen LogP contribution in [0, 0.1) is 11.6 Å². The number of hydrogen-bond donors (Lipinski definition) is 0. The van der Waals surface area contributed by atoms with E-state index in [1.54, 1.807) is 11.7 Å². The zero-order valence-electron chi connectivity index (χ0n) is 22.2. The smallest absolute Gasteiger partial charge is 0.254 e. The van der Waals surface area contributed by atoms with E-state index in [2.05, 4.69) is 9.67 Å². The molecule has 2 atom stereocenters. The molecular weight excluding hydrogens is 502 g/mol. The Kier molecular flexibility index (Phi) is 6.95. The second-order valence-corrected chi connectivity index (χ2v) is 10.4. The van der Waals surface area contributed by atoms with Crippen molar-refractivity contribution >= 4 is 16.8 Å². The SMILES string of the molecule is C[C@H]1c2nn(C)c(-c3cc(F)cc(F)c3)c2CCN1C(=O)c1ccc2c(ccn2CCOC2CCCCO2)c1. The van der Waals surface area contributed by atoms with Gasteiger partial charge >= 0.3 is 0 Å². The molecular formula is C30H32F2N4O3. The van der Waals surface area contributed by atoms with Gasteiger partial charge in [-0.3, -0.25) is 9.48 Å². The van der Waals surface area contributed by atoms with Crippen LogP contribution in [0.25, 0.3) is 22.2 Å². The number of benzene rings is 2. The van der Waals surface area contributed by atoms with E-state index in [0.29, 0.717) is 42.9 Å². The number of carbonyl (C=O) groups excluding carboxylic acids is 1. The van der Waals surface area contributed by atoms with Crippen molar-refractivity contribution in [2.45, 2.75) is 51.5 Å². The normalized spacial score (nSPS) is 19.4. The molecule has 0 spiro atoms. The van der Waals surface area contributed by atoms with Gasteiger partial charge in [0.1, 0.15) is 11.6 Å². The molecule has 1 saturated heterocycles. The van der Waals surface area contributed by atoms with Crippen LogP contribution in [0.4, 0.5) is 8.78 Å². The maximum atomic E-state index is 13.9. The first-order chi connectivity index (χ1) is 18.9. The number of carbonyl (C=O) groups is 1. The highest BCUT2D eigenvalue weighted by Gasteiger charge is 2.33. The first-order valence-electron chi connectivity index (χ1n) is 13.5. The molecule has 39 heavy (non-hydrogen) atoms. The van der Waals surface area contributed by atoms with Gasteiger partial charge in [0.25, 0.3) is 5.91 Å². The van der Waals surface area contributed by atoms with Crippen molar-refractivity contribution < 1.29 is 23.0 Å². The molecule has 7 nitrogen and oxygen atoms in total. The molecule has 4 heterocycles. The van der Waals surface area contributed by atoms with Crippen molar-refractivity contribution in [3.8, 4) is 11.3 Å². The predicted octanol–water partition coefficient (Wildman–Crippen LogP) is 5.62. The lowest BCUT2D eigenvalue weighted by molar-refractivity contribution is -0.163. The molecule has 0 aliphatic carbocycles. The van der Waals surface area contributed by atoms with E-state index < -0.39 is 11.6 Å². The molecule has 2 aromatic carbocycles. The third kappa shape index (κ3) is 4.96. The highest BCUT2D eigenvalue weighted by atomic mass is 19.1. The minimum Gasteiger partial charge on any atom is -0.353 e. The van der Waals surface area contributed by atoms with Crippen molar-refractivity contribution in [3.05, 3.63) is 77.1 Å². The van der Waals surface area contributed by atoms with Crippen LogP contribution >= 0.6 is 0 Å². The molecule has 0 radical (unpaired) electrons. The standard InChI is InChI=1S/C30H32F2N4O3/c1-19-28-25(29(34(2)33-28)22-16-23(31)18-24(32)17-22)9-11-36(19)30(37)21-6-7-26-20(15-21)8-10-35(26)12-14-39-27-5-3-4-13-38-27/h6-8,10,15-19,27H,3-5,9,11-14H2,1-2H3/t19-,27?/m0/s1. The molecule has 0 bridgehead atoms. The minimum atomic E-state index is -0.629. The Bertz CT molecular complexity index is 1500. The van der Waals surface area contributed by atoms with E-state index in [1.807, 2.05) is 42.3 Å². The van der Waals surface area contributed by atoms with Gasteiger partial charge in [0.2, 0.25) is 0 Å². The summed E-state index contributed by atoms with van der Waals surface area (Å²) in [4.78, 5) is 15.4.